The number of aliphatic hydroxyl groups excluding tert-OH is 1. The standard InChI is InChI=1S/C35H49N5O9S/c1-22-19-40(23(2)21-41)34(42)30-18-27(36-35(43)37-33-25(4)38-49-26(33)5)11-16-31(30)48-24(3)10-8-9-17-47-32(22)20-39(6)50(44,45)29-14-12-28(46-7)13-15-29/h11-16,18,22-24,32,41H,8-10,17,19-21H2,1-7H3,(H2,36,37,43)/t22-,23+,24-,32+/m1/s1. The molecule has 0 fully saturated rings. The number of aryl methyl sites for hydroxylation is 2. The summed E-state index contributed by atoms with van der Waals surface area (Å²) in [6, 6.07) is 9.87. The molecule has 2 heterocycles. The molecule has 0 bridgehead atoms. The van der Waals surface area contributed by atoms with Gasteiger partial charge >= 0.3 is 6.03 Å². The second-order valence-electron chi connectivity index (χ2n) is 12.8. The summed E-state index contributed by atoms with van der Waals surface area (Å²) in [5.41, 5.74) is 1.52. The minimum atomic E-state index is -3.86. The van der Waals surface area contributed by atoms with Gasteiger partial charge in [0.2, 0.25) is 10.0 Å². The number of urea groups is 1. The highest BCUT2D eigenvalue weighted by molar-refractivity contribution is 7.89. The van der Waals surface area contributed by atoms with Crippen molar-refractivity contribution in [1.29, 1.82) is 0 Å². The number of carbonyl (C=O) groups excluding carboxylic acids is 2. The Hall–Kier alpha value is -4.18. The molecule has 3 aromatic rings. The number of amides is 3. The minimum absolute atomic E-state index is 0.0372. The van der Waals surface area contributed by atoms with Crippen LogP contribution in [0.15, 0.2) is 51.9 Å². The number of ether oxygens (including phenoxy) is 3. The third-order valence-corrected chi connectivity index (χ3v) is 10.6. The summed E-state index contributed by atoms with van der Waals surface area (Å²) in [6.45, 7) is 9.18. The smallest absolute Gasteiger partial charge is 0.323 e. The van der Waals surface area contributed by atoms with Gasteiger partial charge < -0.3 is 39.4 Å². The van der Waals surface area contributed by atoms with Crippen LogP contribution < -0.4 is 20.1 Å². The molecular weight excluding hydrogens is 666 g/mol. The molecule has 3 amide bonds. The number of aliphatic hydroxyl groups is 1. The number of aromatic nitrogens is 1. The van der Waals surface area contributed by atoms with Crippen molar-refractivity contribution in [3.8, 4) is 11.5 Å². The van der Waals surface area contributed by atoms with Crippen LogP contribution >= 0.6 is 0 Å². The van der Waals surface area contributed by atoms with E-state index in [-0.39, 0.29) is 42.2 Å². The van der Waals surface area contributed by atoms with E-state index in [0.29, 0.717) is 47.4 Å². The lowest BCUT2D eigenvalue weighted by Crippen LogP contribution is -2.48. The first-order chi connectivity index (χ1) is 23.7. The Morgan fingerprint density at radius 2 is 1.86 bits per heavy atom. The molecule has 0 radical (unpaired) electrons. The molecule has 3 N–H and O–H groups in total. The fraction of sp³-hybridized carbons (Fsp3) is 0.514. The van der Waals surface area contributed by atoms with Crippen LogP contribution in [0.3, 0.4) is 0 Å². The van der Waals surface area contributed by atoms with Crippen LogP contribution in [0.4, 0.5) is 16.2 Å². The Balaban J connectivity index is 1.62. The van der Waals surface area contributed by atoms with Crippen LogP contribution in [0.2, 0.25) is 0 Å². The molecule has 0 spiro atoms. The number of methoxy groups -OCH3 is 1. The van der Waals surface area contributed by atoms with E-state index in [9.17, 15) is 23.1 Å². The lowest BCUT2D eigenvalue weighted by atomic mass is 10.0. The Kier molecular flexibility index (Phi) is 13.3. The highest BCUT2D eigenvalue weighted by Crippen LogP contribution is 2.29. The van der Waals surface area contributed by atoms with Gasteiger partial charge in [0.05, 0.1) is 42.4 Å². The lowest BCUT2D eigenvalue weighted by molar-refractivity contribution is -0.00834. The third-order valence-electron chi connectivity index (χ3n) is 8.79. The number of likely N-dealkylation sites (N-methyl/N-ethyl adjacent to an activating group) is 1. The number of sulfonamides is 1. The Morgan fingerprint density at radius 1 is 1.14 bits per heavy atom. The van der Waals surface area contributed by atoms with Gasteiger partial charge in [0.15, 0.2) is 5.76 Å². The van der Waals surface area contributed by atoms with Gasteiger partial charge in [-0.3, -0.25) is 4.79 Å². The summed E-state index contributed by atoms with van der Waals surface area (Å²) < 4.78 is 51.2. The molecule has 4 atom stereocenters. The molecule has 1 aromatic heterocycles. The molecule has 1 aliphatic heterocycles. The van der Waals surface area contributed by atoms with Crippen molar-refractivity contribution in [1.82, 2.24) is 14.4 Å². The number of hydrogen-bond donors (Lipinski definition) is 3. The molecule has 0 saturated heterocycles. The van der Waals surface area contributed by atoms with Gasteiger partial charge in [-0.15, -0.1) is 0 Å². The Bertz CT molecular complexity index is 1690. The fourth-order valence-corrected chi connectivity index (χ4v) is 6.86. The Morgan fingerprint density at radius 3 is 2.50 bits per heavy atom. The highest BCUT2D eigenvalue weighted by Gasteiger charge is 2.32. The van der Waals surface area contributed by atoms with E-state index in [1.807, 2.05) is 13.8 Å². The topological polar surface area (TPSA) is 173 Å². The van der Waals surface area contributed by atoms with Crippen LogP contribution in [0.5, 0.6) is 11.5 Å². The maximum atomic E-state index is 14.4. The average molecular weight is 716 g/mol. The van der Waals surface area contributed by atoms with Crippen LogP contribution in [-0.4, -0.2) is 98.5 Å². The van der Waals surface area contributed by atoms with E-state index < -0.39 is 34.1 Å². The van der Waals surface area contributed by atoms with Gasteiger partial charge in [-0.25, -0.2) is 13.2 Å². The average Bonchev–Trinajstić information content (AvgIpc) is 3.41. The Labute approximate surface area is 294 Å². The first-order valence-corrected chi connectivity index (χ1v) is 18.1. The van der Waals surface area contributed by atoms with E-state index in [1.54, 1.807) is 51.1 Å². The predicted octanol–water partition coefficient (Wildman–Crippen LogP) is 5.06. The van der Waals surface area contributed by atoms with Crippen molar-refractivity contribution in [2.24, 2.45) is 5.92 Å². The SMILES string of the molecule is COc1ccc(S(=O)(=O)N(C)C[C@@H]2OCCCC[C@@H](C)Oc3ccc(NC(=O)Nc4c(C)noc4C)cc3C(=O)N([C@@H](C)CO)C[C@H]2C)cc1. The molecule has 50 heavy (non-hydrogen) atoms. The molecule has 0 unspecified atom stereocenters. The molecule has 0 aliphatic carbocycles. The zero-order chi connectivity index (χ0) is 36.6. The van der Waals surface area contributed by atoms with E-state index in [4.69, 9.17) is 18.7 Å². The summed E-state index contributed by atoms with van der Waals surface area (Å²) in [6.07, 6.45) is 1.36. The quantitative estimate of drug-likeness (QED) is 0.272. The molecule has 2 aromatic carbocycles. The van der Waals surface area contributed by atoms with E-state index in [0.717, 1.165) is 12.8 Å². The summed E-state index contributed by atoms with van der Waals surface area (Å²) in [7, 11) is -0.847. The van der Waals surface area contributed by atoms with Crippen molar-refractivity contribution in [2.45, 2.75) is 77.0 Å². The van der Waals surface area contributed by atoms with E-state index in [1.165, 1.54) is 35.5 Å². The summed E-state index contributed by atoms with van der Waals surface area (Å²) in [5.74, 6) is 0.563. The van der Waals surface area contributed by atoms with Crippen LogP contribution in [-0.2, 0) is 14.8 Å². The first kappa shape index (κ1) is 38.6. The number of nitrogens with one attached hydrogen (secondary N) is 2. The second kappa shape index (κ2) is 17.2. The number of hydrogen-bond acceptors (Lipinski definition) is 10. The molecule has 15 heteroatoms. The largest absolute Gasteiger partial charge is 0.497 e. The number of carbonyl (C=O) groups is 2. The van der Waals surface area contributed by atoms with Crippen molar-refractivity contribution in [2.75, 3.05) is 51.1 Å². The molecule has 274 valence electrons. The molecule has 1 aliphatic rings. The van der Waals surface area contributed by atoms with Crippen molar-refractivity contribution in [3.63, 3.8) is 0 Å². The highest BCUT2D eigenvalue weighted by atomic mass is 32.2. The maximum Gasteiger partial charge on any atom is 0.323 e. The molecule has 14 nitrogen and oxygen atoms in total. The molecule has 0 saturated carbocycles. The lowest BCUT2D eigenvalue weighted by Gasteiger charge is -2.35. The van der Waals surface area contributed by atoms with Crippen LogP contribution in [0.1, 0.15) is 61.8 Å². The normalized spacial score (nSPS) is 20.0. The number of rotatable bonds is 9. The van der Waals surface area contributed by atoms with Gasteiger partial charge in [-0.05, 0) is 89.4 Å². The van der Waals surface area contributed by atoms with Crippen molar-refractivity contribution >= 4 is 33.3 Å². The summed E-state index contributed by atoms with van der Waals surface area (Å²) >= 11 is 0. The van der Waals surface area contributed by atoms with Gasteiger partial charge in [0.1, 0.15) is 22.9 Å². The van der Waals surface area contributed by atoms with Crippen LogP contribution in [0.25, 0.3) is 0 Å². The minimum Gasteiger partial charge on any atom is -0.497 e. The number of nitrogens with zero attached hydrogens (tertiary/aromatic N) is 3. The second-order valence-corrected chi connectivity index (χ2v) is 14.8. The fourth-order valence-electron chi connectivity index (χ4n) is 5.68. The van der Waals surface area contributed by atoms with Gasteiger partial charge in [0, 0.05) is 38.3 Å². The number of anilines is 2. The van der Waals surface area contributed by atoms with Crippen molar-refractivity contribution < 1.29 is 41.8 Å². The summed E-state index contributed by atoms with van der Waals surface area (Å²) in [5, 5.41) is 19.6. The zero-order valence-corrected chi connectivity index (χ0v) is 30.6. The summed E-state index contributed by atoms with van der Waals surface area (Å²) in [4.78, 5) is 29.0. The van der Waals surface area contributed by atoms with Gasteiger partial charge in [-0.1, -0.05) is 12.1 Å². The first-order valence-electron chi connectivity index (χ1n) is 16.7. The number of fused-ring (bicyclic) bond motifs is 1. The molecular formula is C35H49N5O9S. The molecule has 4 rings (SSSR count). The predicted molar refractivity (Wildman–Crippen MR) is 188 cm³/mol. The third kappa shape index (κ3) is 9.53. The van der Waals surface area contributed by atoms with Gasteiger partial charge in [-0.2, -0.15) is 4.31 Å². The number of benzene rings is 2. The van der Waals surface area contributed by atoms with E-state index in [2.05, 4.69) is 15.8 Å². The van der Waals surface area contributed by atoms with Crippen molar-refractivity contribution in [3.05, 3.63) is 59.5 Å². The monoisotopic (exact) mass is 715 g/mol. The maximum absolute atomic E-state index is 14.4. The van der Waals surface area contributed by atoms with E-state index >= 15 is 0 Å². The zero-order valence-electron chi connectivity index (χ0n) is 29.8. The van der Waals surface area contributed by atoms with Gasteiger partial charge in [0.25, 0.3) is 5.91 Å². The van der Waals surface area contributed by atoms with Crippen LogP contribution in [0, 0.1) is 19.8 Å².